The van der Waals surface area contributed by atoms with Gasteiger partial charge in [0.05, 0.1) is 16.3 Å². The monoisotopic (exact) mass is 238 g/mol. The smallest absolute Gasteiger partial charge is 0.326 e. The van der Waals surface area contributed by atoms with Crippen LogP contribution in [-0.4, -0.2) is 17.1 Å². The van der Waals surface area contributed by atoms with Crippen molar-refractivity contribution in [2.45, 2.75) is 19.4 Å². The van der Waals surface area contributed by atoms with Gasteiger partial charge in [0.15, 0.2) is 0 Å². The van der Waals surface area contributed by atoms with Crippen molar-refractivity contribution >= 4 is 23.3 Å². The molecule has 84 valence electrons. The minimum absolute atomic E-state index is 0.267. The fourth-order valence-corrected chi connectivity index (χ4v) is 1.50. The molecule has 0 saturated heterocycles. The Hall–Kier alpha value is -1.73. The summed E-state index contributed by atoms with van der Waals surface area (Å²) < 4.78 is 0. The van der Waals surface area contributed by atoms with Crippen LogP contribution in [-0.2, 0) is 4.79 Å². The van der Waals surface area contributed by atoms with Crippen LogP contribution in [0, 0.1) is 11.3 Å². The van der Waals surface area contributed by atoms with E-state index in [9.17, 15) is 4.79 Å². The zero-order valence-corrected chi connectivity index (χ0v) is 9.45. The van der Waals surface area contributed by atoms with E-state index >= 15 is 0 Å². The van der Waals surface area contributed by atoms with Gasteiger partial charge >= 0.3 is 5.97 Å². The highest BCUT2D eigenvalue weighted by molar-refractivity contribution is 6.32. The first kappa shape index (κ1) is 12.3. The summed E-state index contributed by atoms with van der Waals surface area (Å²) in [5.74, 6) is -0.952. The summed E-state index contributed by atoms with van der Waals surface area (Å²) in [5, 5.41) is 20.9. The Labute approximate surface area is 98.5 Å². The Morgan fingerprint density at radius 1 is 1.69 bits per heavy atom. The maximum absolute atomic E-state index is 10.8. The fourth-order valence-electron chi connectivity index (χ4n) is 1.28. The van der Waals surface area contributed by atoms with Crippen molar-refractivity contribution < 1.29 is 9.90 Å². The van der Waals surface area contributed by atoms with Crippen LogP contribution in [0.2, 0.25) is 5.02 Å². The van der Waals surface area contributed by atoms with Crippen LogP contribution in [0.5, 0.6) is 0 Å². The highest BCUT2D eigenvalue weighted by atomic mass is 35.5. The summed E-state index contributed by atoms with van der Waals surface area (Å²) in [6.07, 6.45) is 0.423. The van der Waals surface area contributed by atoms with Crippen LogP contribution < -0.4 is 5.32 Å². The molecule has 16 heavy (non-hydrogen) atoms. The first-order valence-electron chi connectivity index (χ1n) is 4.78. The Bertz CT molecular complexity index is 440. The Morgan fingerprint density at radius 3 is 2.88 bits per heavy atom. The van der Waals surface area contributed by atoms with Crippen molar-refractivity contribution in [3.05, 3.63) is 28.8 Å². The van der Waals surface area contributed by atoms with Crippen LogP contribution >= 0.6 is 11.6 Å². The van der Waals surface area contributed by atoms with E-state index in [0.29, 0.717) is 17.1 Å². The predicted octanol–water partition coefficient (Wildman–Crippen LogP) is 2.49. The van der Waals surface area contributed by atoms with Gasteiger partial charge in [0.1, 0.15) is 12.1 Å². The van der Waals surface area contributed by atoms with Crippen molar-refractivity contribution in [1.29, 1.82) is 5.26 Å². The third kappa shape index (κ3) is 2.65. The Balaban J connectivity index is 3.02. The maximum Gasteiger partial charge on any atom is 0.326 e. The van der Waals surface area contributed by atoms with E-state index in [1.165, 1.54) is 0 Å². The number of aliphatic carboxylic acids is 1. The second-order valence-corrected chi connectivity index (χ2v) is 3.62. The number of carbonyl (C=O) groups is 1. The molecule has 0 saturated carbocycles. The van der Waals surface area contributed by atoms with Gasteiger partial charge in [-0.05, 0) is 18.6 Å². The summed E-state index contributed by atoms with van der Waals surface area (Å²) in [6.45, 7) is 1.75. The van der Waals surface area contributed by atoms with Gasteiger partial charge in [0.25, 0.3) is 0 Å². The molecule has 0 heterocycles. The van der Waals surface area contributed by atoms with Crippen LogP contribution in [0.3, 0.4) is 0 Å². The van der Waals surface area contributed by atoms with Gasteiger partial charge in [-0.25, -0.2) is 4.79 Å². The first-order chi connectivity index (χ1) is 7.60. The van der Waals surface area contributed by atoms with Gasteiger partial charge in [0, 0.05) is 0 Å². The number of anilines is 1. The van der Waals surface area contributed by atoms with Crippen molar-refractivity contribution in [2.75, 3.05) is 5.32 Å². The first-order valence-corrected chi connectivity index (χ1v) is 5.16. The number of rotatable bonds is 4. The highest BCUT2D eigenvalue weighted by Gasteiger charge is 2.16. The molecule has 0 bridgehead atoms. The number of hydrogen-bond acceptors (Lipinski definition) is 3. The normalized spacial score (nSPS) is 11.6. The molecule has 4 nitrogen and oxygen atoms in total. The molecule has 1 unspecified atom stereocenters. The lowest BCUT2D eigenvalue weighted by Gasteiger charge is -2.15. The van der Waals surface area contributed by atoms with E-state index in [1.807, 2.05) is 6.07 Å². The quantitative estimate of drug-likeness (QED) is 0.845. The molecule has 5 heteroatoms. The van der Waals surface area contributed by atoms with E-state index in [1.54, 1.807) is 25.1 Å². The molecule has 2 N–H and O–H groups in total. The van der Waals surface area contributed by atoms with E-state index in [4.69, 9.17) is 22.0 Å². The van der Waals surface area contributed by atoms with Crippen LogP contribution in [0.15, 0.2) is 18.2 Å². The number of halogens is 1. The number of hydrogen-bond donors (Lipinski definition) is 2. The van der Waals surface area contributed by atoms with Gasteiger partial charge in [-0.2, -0.15) is 5.26 Å². The third-order valence-electron chi connectivity index (χ3n) is 2.16. The number of carboxylic acid groups (broad SMARTS) is 1. The number of carboxylic acids is 1. The number of nitriles is 1. The van der Waals surface area contributed by atoms with Crippen LogP contribution in [0.1, 0.15) is 18.9 Å². The zero-order chi connectivity index (χ0) is 12.1. The molecule has 1 rings (SSSR count). The van der Waals surface area contributed by atoms with Gasteiger partial charge in [-0.3, -0.25) is 0 Å². The van der Waals surface area contributed by atoms with E-state index in [-0.39, 0.29) is 5.56 Å². The van der Waals surface area contributed by atoms with Gasteiger partial charge in [0.2, 0.25) is 0 Å². The average Bonchev–Trinajstić information content (AvgIpc) is 2.25. The van der Waals surface area contributed by atoms with Crippen molar-refractivity contribution in [1.82, 2.24) is 0 Å². The lowest BCUT2D eigenvalue weighted by atomic mass is 10.1. The summed E-state index contributed by atoms with van der Waals surface area (Å²) in [7, 11) is 0. The van der Waals surface area contributed by atoms with Crippen molar-refractivity contribution in [3.8, 4) is 6.07 Å². The molecule has 0 aliphatic heterocycles. The largest absolute Gasteiger partial charge is 0.480 e. The van der Waals surface area contributed by atoms with E-state index in [2.05, 4.69) is 5.32 Å². The summed E-state index contributed by atoms with van der Waals surface area (Å²) >= 11 is 5.83. The molecule has 0 fully saturated rings. The fraction of sp³-hybridized carbons (Fsp3) is 0.273. The molecule has 1 atom stereocenters. The third-order valence-corrected chi connectivity index (χ3v) is 2.48. The Morgan fingerprint density at radius 2 is 2.38 bits per heavy atom. The molecule has 0 radical (unpaired) electrons. The Kier molecular flexibility index (Phi) is 4.15. The molecular weight excluding hydrogens is 228 g/mol. The number of benzene rings is 1. The predicted molar refractivity (Wildman–Crippen MR) is 61.5 cm³/mol. The second-order valence-electron chi connectivity index (χ2n) is 3.22. The highest BCUT2D eigenvalue weighted by Crippen LogP contribution is 2.24. The molecule has 1 aromatic rings. The minimum atomic E-state index is -0.952. The van der Waals surface area contributed by atoms with Gasteiger partial charge in [-0.1, -0.05) is 24.6 Å². The average molecular weight is 239 g/mol. The molecule has 1 aromatic carbocycles. The molecule has 0 aromatic heterocycles. The standard InChI is InChI=1S/C11H11ClN2O2/c1-2-9(11(15)16)14-10-5-3-4-8(12)7(10)6-13/h3-5,9,14H,2H2,1H3,(H,15,16). The molecule has 0 amide bonds. The van der Waals surface area contributed by atoms with Gasteiger partial charge in [-0.15, -0.1) is 0 Å². The number of nitrogens with zero attached hydrogens (tertiary/aromatic N) is 1. The van der Waals surface area contributed by atoms with E-state index in [0.717, 1.165) is 0 Å². The molecular formula is C11H11ClN2O2. The van der Waals surface area contributed by atoms with Gasteiger partial charge < -0.3 is 10.4 Å². The summed E-state index contributed by atoms with van der Waals surface area (Å²) in [6, 6.07) is 6.12. The lowest BCUT2D eigenvalue weighted by Crippen LogP contribution is -2.28. The van der Waals surface area contributed by atoms with Crippen LogP contribution in [0.4, 0.5) is 5.69 Å². The summed E-state index contributed by atoms with van der Waals surface area (Å²) in [4.78, 5) is 10.8. The topological polar surface area (TPSA) is 73.1 Å². The van der Waals surface area contributed by atoms with Crippen molar-refractivity contribution in [2.24, 2.45) is 0 Å². The maximum atomic E-state index is 10.8. The summed E-state index contributed by atoms with van der Waals surface area (Å²) in [5.41, 5.74) is 0.716. The lowest BCUT2D eigenvalue weighted by molar-refractivity contribution is -0.137. The molecule has 0 aliphatic rings. The molecule has 0 aliphatic carbocycles. The second kappa shape index (κ2) is 5.38. The molecule has 0 spiro atoms. The van der Waals surface area contributed by atoms with Crippen LogP contribution in [0.25, 0.3) is 0 Å². The minimum Gasteiger partial charge on any atom is -0.480 e. The van der Waals surface area contributed by atoms with E-state index < -0.39 is 12.0 Å². The SMILES string of the molecule is CCC(Nc1cccc(Cl)c1C#N)C(=O)O. The van der Waals surface area contributed by atoms with Crippen molar-refractivity contribution in [3.63, 3.8) is 0 Å². The zero-order valence-electron chi connectivity index (χ0n) is 8.70. The number of nitrogens with one attached hydrogen (secondary N) is 1.